The van der Waals surface area contributed by atoms with Crippen LogP contribution < -0.4 is 0 Å². The number of hydrogen-bond donors (Lipinski definition) is 0. The molecule has 3 rings (SSSR count). The molecule has 0 radical (unpaired) electrons. The Morgan fingerprint density at radius 1 is 1.21 bits per heavy atom. The summed E-state index contributed by atoms with van der Waals surface area (Å²) in [5.41, 5.74) is 1.39. The Bertz CT molecular complexity index is 867. The lowest BCUT2D eigenvalue weighted by molar-refractivity contribution is 0.0993. The van der Waals surface area contributed by atoms with Crippen LogP contribution in [0.25, 0.3) is 11.5 Å². The zero-order valence-corrected chi connectivity index (χ0v) is 15.7. The molecule has 0 bridgehead atoms. The van der Waals surface area contributed by atoms with E-state index >= 15 is 0 Å². The van der Waals surface area contributed by atoms with Crippen molar-refractivity contribution in [3.63, 3.8) is 0 Å². The van der Waals surface area contributed by atoms with Gasteiger partial charge in [0.15, 0.2) is 5.78 Å². The van der Waals surface area contributed by atoms with Gasteiger partial charge in [-0.15, -0.1) is 10.2 Å². The number of hydrogen-bond acceptors (Lipinski definition) is 5. The van der Waals surface area contributed by atoms with Gasteiger partial charge in [-0.1, -0.05) is 57.5 Å². The second-order valence-corrected chi connectivity index (χ2v) is 7.66. The van der Waals surface area contributed by atoms with Crippen LogP contribution in [-0.2, 0) is 0 Å². The number of halogens is 2. The summed E-state index contributed by atoms with van der Waals surface area (Å²) in [6, 6.07) is 14.4. The van der Waals surface area contributed by atoms with E-state index in [1.807, 2.05) is 31.2 Å². The third-order valence-corrected chi connectivity index (χ3v) is 4.95. The first kappa shape index (κ1) is 17.2. The normalized spacial score (nSPS) is 12.1. The van der Waals surface area contributed by atoms with Crippen molar-refractivity contribution in [2.75, 3.05) is 0 Å². The summed E-state index contributed by atoms with van der Waals surface area (Å²) < 4.78 is 6.56. The molecule has 0 spiro atoms. The van der Waals surface area contributed by atoms with E-state index in [0.29, 0.717) is 21.7 Å². The third-order valence-electron chi connectivity index (χ3n) is 3.25. The highest BCUT2D eigenvalue weighted by Crippen LogP contribution is 2.28. The highest BCUT2D eigenvalue weighted by Gasteiger charge is 2.20. The maximum atomic E-state index is 12.4. The molecule has 7 heteroatoms. The molecular weight excluding hydrogens is 412 g/mol. The van der Waals surface area contributed by atoms with Crippen LogP contribution in [0, 0.1) is 0 Å². The predicted octanol–water partition coefficient (Wildman–Crippen LogP) is 5.52. The SMILES string of the molecule is C[C@@H](Sc1nnc(-c2cccc(Cl)c2)o1)C(=O)c1ccc(Br)cc1. The van der Waals surface area contributed by atoms with E-state index in [1.165, 1.54) is 11.8 Å². The number of nitrogens with zero attached hydrogens (tertiary/aromatic N) is 2. The molecule has 1 heterocycles. The predicted molar refractivity (Wildman–Crippen MR) is 98.5 cm³/mol. The molecule has 1 aromatic heterocycles. The van der Waals surface area contributed by atoms with E-state index in [4.69, 9.17) is 16.0 Å². The summed E-state index contributed by atoms with van der Waals surface area (Å²) in [4.78, 5) is 12.4. The average molecular weight is 424 g/mol. The van der Waals surface area contributed by atoms with Crippen LogP contribution in [0.1, 0.15) is 17.3 Å². The van der Waals surface area contributed by atoms with Crippen LogP contribution >= 0.6 is 39.3 Å². The van der Waals surface area contributed by atoms with E-state index in [1.54, 1.807) is 24.3 Å². The van der Waals surface area contributed by atoms with Crippen LogP contribution in [0.15, 0.2) is 62.6 Å². The van der Waals surface area contributed by atoms with Crippen LogP contribution in [-0.4, -0.2) is 21.2 Å². The maximum Gasteiger partial charge on any atom is 0.277 e. The minimum Gasteiger partial charge on any atom is -0.411 e. The molecule has 0 N–H and O–H groups in total. The first-order valence-electron chi connectivity index (χ1n) is 7.09. The quantitative estimate of drug-likeness (QED) is 0.400. The van der Waals surface area contributed by atoms with Crippen LogP contribution in [0.3, 0.4) is 0 Å². The molecule has 4 nitrogen and oxygen atoms in total. The number of carbonyl (C=O) groups excluding carboxylic acids is 1. The molecule has 122 valence electrons. The maximum absolute atomic E-state index is 12.4. The number of rotatable bonds is 5. The number of ketones is 1. The summed E-state index contributed by atoms with van der Waals surface area (Å²) >= 11 is 10.6. The molecule has 0 aliphatic rings. The lowest BCUT2D eigenvalue weighted by Gasteiger charge is -2.07. The Morgan fingerprint density at radius 2 is 1.96 bits per heavy atom. The molecule has 0 unspecified atom stereocenters. The Balaban J connectivity index is 1.72. The zero-order chi connectivity index (χ0) is 17.1. The number of benzene rings is 2. The van der Waals surface area contributed by atoms with Crippen LogP contribution in [0.4, 0.5) is 0 Å². The van der Waals surface area contributed by atoms with Gasteiger partial charge >= 0.3 is 0 Å². The largest absolute Gasteiger partial charge is 0.411 e. The van der Waals surface area contributed by atoms with Crippen molar-refractivity contribution in [3.8, 4) is 11.5 Å². The van der Waals surface area contributed by atoms with Gasteiger partial charge in [-0.3, -0.25) is 4.79 Å². The van der Waals surface area contributed by atoms with E-state index in [9.17, 15) is 4.79 Å². The number of aromatic nitrogens is 2. The molecule has 0 fully saturated rings. The molecule has 0 aliphatic heterocycles. The summed E-state index contributed by atoms with van der Waals surface area (Å²) in [5, 5.41) is 8.62. The number of thioether (sulfide) groups is 1. The Hall–Kier alpha value is -1.63. The Labute approximate surface area is 156 Å². The van der Waals surface area contributed by atoms with Crippen molar-refractivity contribution in [3.05, 3.63) is 63.6 Å². The van der Waals surface area contributed by atoms with Gasteiger partial charge in [-0.25, -0.2) is 0 Å². The van der Waals surface area contributed by atoms with Crippen molar-refractivity contribution < 1.29 is 9.21 Å². The second-order valence-electron chi connectivity index (χ2n) is 5.01. The smallest absolute Gasteiger partial charge is 0.277 e. The van der Waals surface area contributed by atoms with Gasteiger partial charge in [0.25, 0.3) is 5.22 Å². The van der Waals surface area contributed by atoms with Gasteiger partial charge in [-0.05, 0) is 37.3 Å². The van der Waals surface area contributed by atoms with Crippen LogP contribution in [0.5, 0.6) is 0 Å². The molecule has 2 aromatic carbocycles. The van der Waals surface area contributed by atoms with E-state index in [2.05, 4.69) is 26.1 Å². The van der Waals surface area contributed by atoms with Crippen molar-refractivity contribution in [2.24, 2.45) is 0 Å². The van der Waals surface area contributed by atoms with E-state index in [-0.39, 0.29) is 11.0 Å². The fourth-order valence-electron chi connectivity index (χ4n) is 2.05. The van der Waals surface area contributed by atoms with Gasteiger partial charge in [0.1, 0.15) is 0 Å². The van der Waals surface area contributed by atoms with Gasteiger partial charge in [0, 0.05) is 20.6 Å². The molecule has 0 saturated heterocycles. The first-order valence-corrected chi connectivity index (χ1v) is 9.14. The van der Waals surface area contributed by atoms with Gasteiger partial charge in [0.2, 0.25) is 5.89 Å². The van der Waals surface area contributed by atoms with Gasteiger partial charge < -0.3 is 4.42 Å². The summed E-state index contributed by atoms with van der Waals surface area (Å²) in [7, 11) is 0. The molecule has 24 heavy (non-hydrogen) atoms. The minimum atomic E-state index is -0.334. The number of Topliss-reactive ketones (excluding diaryl/α,β-unsaturated/α-hetero) is 1. The summed E-state index contributed by atoms with van der Waals surface area (Å²) in [5.74, 6) is 0.387. The summed E-state index contributed by atoms with van der Waals surface area (Å²) in [6.07, 6.45) is 0. The second kappa shape index (κ2) is 7.51. The molecule has 3 aromatic rings. The van der Waals surface area contributed by atoms with E-state index in [0.717, 1.165) is 10.0 Å². The molecule has 0 amide bonds. The highest BCUT2D eigenvalue weighted by atomic mass is 79.9. The lowest BCUT2D eigenvalue weighted by Crippen LogP contribution is -2.13. The third kappa shape index (κ3) is 4.06. The first-order chi connectivity index (χ1) is 11.5. The topological polar surface area (TPSA) is 56.0 Å². The fraction of sp³-hybridized carbons (Fsp3) is 0.118. The Kier molecular flexibility index (Phi) is 5.38. The lowest BCUT2D eigenvalue weighted by atomic mass is 10.1. The van der Waals surface area contributed by atoms with Gasteiger partial charge in [0.05, 0.1) is 5.25 Å². The Morgan fingerprint density at radius 3 is 2.67 bits per heavy atom. The van der Waals surface area contributed by atoms with E-state index < -0.39 is 0 Å². The van der Waals surface area contributed by atoms with Crippen molar-refractivity contribution >= 4 is 45.1 Å². The van der Waals surface area contributed by atoms with Crippen molar-refractivity contribution in [1.82, 2.24) is 10.2 Å². The molecule has 0 saturated carbocycles. The molecular formula is C17H12BrClN2O2S. The molecule has 1 atom stereocenters. The fourth-order valence-corrected chi connectivity index (χ4v) is 3.26. The average Bonchev–Trinajstić information content (AvgIpc) is 3.03. The van der Waals surface area contributed by atoms with Crippen molar-refractivity contribution in [1.29, 1.82) is 0 Å². The zero-order valence-electron chi connectivity index (χ0n) is 12.6. The monoisotopic (exact) mass is 422 g/mol. The van der Waals surface area contributed by atoms with Crippen molar-refractivity contribution in [2.45, 2.75) is 17.4 Å². The summed E-state index contributed by atoms with van der Waals surface area (Å²) in [6.45, 7) is 1.82. The molecule has 0 aliphatic carbocycles. The number of carbonyl (C=O) groups is 1. The van der Waals surface area contributed by atoms with Gasteiger partial charge in [-0.2, -0.15) is 0 Å². The minimum absolute atomic E-state index is 0.00926. The van der Waals surface area contributed by atoms with Crippen LogP contribution in [0.2, 0.25) is 5.02 Å². The standard InChI is InChI=1S/C17H12BrClN2O2S/c1-10(15(22)11-5-7-13(18)8-6-11)24-17-21-20-16(23-17)12-3-2-4-14(19)9-12/h2-10H,1H3/t10-/m1/s1. The highest BCUT2D eigenvalue weighted by molar-refractivity contribution is 9.10.